The van der Waals surface area contributed by atoms with Crippen molar-refractivity contribution in [2.24, 2.45) is 0 Å². The maximum atomic E-state index is 5.79. The van der Waals surface area contributed by atoms with E-state index < -0.39 is 0 Å². The van der Waals surface area contributed by atoms with Crippen molar-refractivity contribution in [1.29, 1.82) is 0 Å². The highest BCUT2D eigenvalue weighted by atomic mass is 35.5. The fourth-order valence-electron chi connectivity index (χ4n) is 1.13. The summed E-state index contributed by atoms with van der Waals surface area (Å²) in [7, 11) is 0. The van der Waals surface area contributed by atoms with Gasteiger partial charge in [0, 0.05) is 24.2 Å². The monoisotopic (exact) mass is 243 g/mol. The lowest BCUT2D eigenvalue weighted by Gasteiger charge is -2.13. The first-order valence-electron chi connectivity index (χ1n) is 5.58. The van der Waals surface area contributed by atoms with Crippen molar-refractivity contribution in [3.8, 4) is 5.88 Å². The number of anilines is 1. The first-order chi connectivity index (χ1) is 7.80. The van der Waals surface area contributed by atoms with Gasteiger partial charge in [-0.3, -0.25) is 0 Å². The molecule has 16 heavy (non-hydrogen) atoms. The average Bonchev–Trinajstić information content (AvgIpc) is 2.34. The van der Waals surface area contributed by atoms with Crippen LogP contribution in [0, 0.1) is 0 Å². The Hall–Kier alpha value is -1.03. The second-order valence-corrected chi connectivity index (χ2v) is 3.78. The van der Waals surface area contributed by atoms with E-state index in [1.807, 2.05) is 0 Å². The molecule has 1 unspecified atom stereocenters. The Balaban J connectivity index is 2.59. The number of nitrogens with one attached hydrogen (secondary N) is 1. The summed E-state index contributed by atoms with van der Waals surface area (Å²) < 4.78 is 5.42. The number of halogens is 1. The van der Waals surface area contributed by atoms with Gasteiger partial charge in [-0.15, -0.1) is 11.6 Å². The third-order valence-corrected chi connectivity index (χ3v) is 2.47. The van der Waals surface area contributed by atoms with Gasteiger partial charge >= 0.3 is 0 Å². The zero-order valence-electron chi connectivity index (χ0n) is 9.74. The summed E-state index contributed by atoms with van der Waals surface area (Å²) in [5.41, 5.74) is 0. The van der Waals surface area contributed by atoms with Gasteiger partial charge in [-0.1, -0.05) is 13.8 Å². The smallest absolute Gasteiger partial charge is 0.226 e. The van der Waals surface area contributed by atoms with Crippen molar-refractivity contribution in [3.63, 3.8) is 0 Å². The van der Waals surface area contributed by atoms with Crippen LogP contribution in [0.25, 0.3) is 0 Å². The molecule has 1 heterocycles. The van der Waals surface area contributed by atoms with E-state index in [1.165, 1.54) is 0 Å². The van der Waals surface area contributed by atoms with E-state index >= 15 is 0 Å². The fraction of sp³-hybridized carbons (Fsp3) is 0.636. The molecular weight excluding hydrogens is 226 g/mol. The maximum Gasteiger partial charge on any atom is 0.226 e. The highest BCUT2D eigenvalue weighted by Gasteiger charge is 2.06. The molecule has 0 bridgehead atoms. The molecule has 1 aromatic rings. The number of hydrogen-bond acceptors (Lipinski definition) is 4. The molecule has 0 aliphatic carbocycles. The largest absolute Gasteiger partial charge is 0.478 e. The minimum absolute atomic E-state index is 0.197. The molecule has 5 heteroatoms. The van der Waals surface area contributed by atoms with Gasteiger partial charge in [-0.05, 0) is 12.8 Å². The molecule has 0 spiro atoms. The normalized spacial score (nSPS) is 12.2. The van der Waals surface area contributed by atoms with Crippen LogP contribution in [0.3, 0.4) is 0 Å². The molecule has 0 aliphatic heterocycles. The molecule has 0 saturated heterocycles. The lowest BCUT2D eigenvalue weighted by atomic mass is 10.3. The van der Waals surface area contributed by atoms with E-state index in [0.29, 0.717) is 24.3 Å². The van der Waals surface area contributed by atoms with Crippen LogP contribution in [-0.4, -0.2) is 28.5 Å². The minimum atomic E-state index is 0.197. The molecule has 0 aromatic carbocycles. The molecule has 0 fully saturated rings. The lowest BCUT2D eigenvalue weighted by molar-refractivity contribution is 0.305. The van der Waals surface area contributed by atoms with Crippen LogP contribution in [-0.2, 0) is 0 Å². The Labute approximate surface area is 101 Å². The first-order valence-corrected chi connectivity index (χ1v) is 6.11. The van der Waals surface area contributed by atoms with Crippen molar-refractivity contribution in [3.05, 3.63) is 12.3 Å². The predicted molar refractivity (Wildman–Crippen MR) is 66.2 cm³/mol. The summed E-state index contributed by atoms with van der Waals surface area (Å²) in [6.07, 6.45) is 3.58. The van der Waals surface area contributed by atoms with Crippen LogP contribution >= 0.6 is 11.6 Å². The number of hydrogen-bond donors (Lipinski definition) is 1. The van der Waals surface area contributed by atoms with Crippen molar-refractivity contribution in [1.82, 2.24) is 9.97 Å². The quantitative estimate of drug-likeness (QED) is 0.748. The Morgan fingerprint density at radius 1 is 1.50 bits per heavy atom. The summed E-state index contributed by atoms with van der Waals surface area (Å²) in [4.78, 5) is 8.37. The van der Waals surface area contributed by atoms with Crippen molar-refractivity contribution >= 4 is 17.5 Å². The lowest BCUT2D eigenvalue weighted by Crippen LogP contribution is -2.21. The van der Waals surface area contributed by atoms with Crippen LogP contribution in [0.1, 0.15) is 26.7 Å². The first kappa shape index (κ1) is 13.0. The minimum Gasteiger partial charge on any atom is -0.478 e. The molecule has 0 saturated carbocycles. The zero-order chi connectivity index (χ0) is 11.8. The van der Waals surface area contributed by atoms with E-state index in [-0.39, 0.29) is 6.04 Å². The number of ether oxygens (including phenoxy) is 1. The Morgan fingerprint density at radius 3 is 2.94 bits per heavy atom. The summed E-state index contributed by atoms with van der Waals surface area (Å²) in [6.45, 7) is 4.79. The van der Waals surface area contributed by atoms with Gasteiger partial charge in [-0.2, -0.15) is 4.98 Å². The molecule has 90 valence electrons. The Bertz CT molecular complexity index is 305. The van der Waals surface area contributed by atoms with Gasteiger partial charge in [0.2, 0.25) is 11.8 Å². The number of aromatic nitrogens is 2. The van der Waals surface area contributed by atoms with Crippen LogP contribution < -0.4 is 10.1 Å². The van der Waals surface area contributed by atoms with Crippen LogP contribution in [0.5, 0.6) is 5.88 Å². The van der Waals surface area contributed by atoms with Crippen LogP contribution in [0.4, 0.5) is 5.95 Å². The highest BCUT2D eigenvalue weighted by Crippen LogP contribution is 2.10. The second-order valence-electron chi connectivity index (χ2n) is 3.47. The number of rotatable bonds is 7. The van der Waals surface area contributed by atoms with E-state index in [1.54, 1.807) is 12.3 Å². The summed E-state index contributed by atoms with van der Waals surface area (Å²) in [5, 5.41) is 3.16. The summed E-state index contributed by atoms with van der Waals surface area (Å²) in [5.74, 6) is 1.71. The van der Waals surface area contributed by atoms with E-state index in [4.69, 9.17) is 16.3 Å². The Kier molecular flexibility index (Phi) is 5.93. The molecule has 1 atom stereocenters. The molecule has 0 amide bonds. The van der Waals surface area contributed by atoms with Gasteiger partial charge in [0.25, 0.3) is 0 Å². The van der Waals surface area contributed by atoms with E-state index in [2.05, 4.69) is 29.1 Å². The molecule has 1 rings (SSSR count). The molecule has 4 nitrogen and oxygen atoms in total. The van der Waals surface area contributed by atoms with Crippen LogP contribution in [0.15, 0.2) is 12.3 Å². The van der Waals surface area contributed by atoms with Crippen molar-refractivity contribution < 1.29 is 4.74 Å². The van der Waals surface area contributed by atoms with E-state index in [9.17, 15) is 0 Å². The molecule has 0 radical (unpaired) electrons. The van der Waals surface area contributed by atoms with Gasteiger partial charge in [0.05, 0.1) is 6.61 Å². The summed E-state index contributed by atoms with van der Waals surface area (Å²) >= 11 is 5.79. The van der Waals surface area contributed by atoms with Crippen molar-refractivity contribution in [2.45, 2.75) is 32.7 Å². The van der Waals surface area contributed by atoms with Gasteiger partial charge in [-0.25, -0.2) is 4.98 Å². The Morgan fingerprint density at radius 2 is 2.31 bits per heavy atom. The van der Waals surface area contributed by atoms with E-state index in [0.717, 1.165) is 12.8 Å². The van der Waals surface area contributed by atoms with Gasteiger partial charge in [0.15, 0.2) is 0 Å². The number of nitrogens with zero attached hydrogens (tertiary/aromatic N) is 2. The molecule has 1 N–H and O–H groups in total. The topological polar surface area (TPSA) is 47.0 Å². The van der Waals surface area contributed by atoms with Gasteiger partial charge in [0.1, 0.15) is 0 Å². The van der Waals surface area contributed by atoms with Crippen LogP contribution in [0.2, 0.25) is 0 Å². The predicted octanol–water partition coefficient (Wildman–Crippen LogP) is 2.69. The fourth-order valence-corrected chi connectivity index (χ4v) is 1.43. The maximum absolute atomic E-state index is 5.79. The second kappa shape index (κ2) is 7.28. The van der Waals surface area contributed by atoms with Crippen molar-refractivity contribution in [2.75, 3.05) is 17.8 Å². The number of alkyl halides is 1. The third-order valence-electron chi connectivity index (χ3n) is 2.10. The standard InChI is InChI=1S/C11H18ClN3O/c1-3-7-16-10-5-6-13-11(15-10)14-9(4-2)8-12/h5-6,9H,3-4,7-8H2,1-2H3,(H,13,14,15). The molecular formula is C11H18ClN3O. The third kappa shape index (κ3) is 4.23. The summed E-state index contributed by atoms with van der Waals surface area (Å²) in [6, 6.07) is 1.95. The van der Waals surface area contributed by atoms with Gasteiger partial charge < -0.3 is 10.1 Å². The molecule has 1 aromatic heterocycles. The SMILES string of the molecule is CCCOc1ccnc(NC(CC)CCl)n1. The average molecular weight is 244 g/mol. The molecule has 0 aliphatic rings. The highest BCUT2D eigenvalue weighted by molar-refractivity contribution is 6.18. The zero-order valence-corrected chi connectivity index (χ0v) is 10.5.